The molecule has 8 heteroatoms. The van der Waals surface area contributed by atoms with Crippen molar-refractivity contribution in [1.29, 1.82) is 0 Å². The van der Waals surface area contributed by atoms with Gasteiger partial charge in [0.2, 0.25) is 0 Å². The second-order valence-electron chi connectivity index (χ2n) is 6.73. The zero-order valence-electron chi connectivity index (χ0n) is 16.7. The van der Waals surface area contributed by atoms with Gasteiger partial charge in [0, 0.05) is 16.1 Å². The molecule has 1 aromatic heterocycles. The highest BCUT2D eigenvalue weighted by molar-refractivity contribution is 7.10. The van der Waals surface area contributed by atoms with Crippen molar-refractivity contribution < 1.29 is 28.6 Å². The van der Waals surface area contributed by atoms with Crippen LogP contribution < -0.4 is 14.4 Å². The average molecular weight is 439 g/mol. The molecule has 2 aromatic carbocycles. The molecule has 1 saturated heterocycles. The van der Waals surface area contributed by atoms with E-state index in [-0.39, 0.29) is 22.6 Å². The van der Waals surface area contributed by atoms with Gasteiger partial charge in [-0.15, -0.1) is 11.3 Å². The quantitative estimate of drug-likeness (QED) is 0.359. The van der Waals surface area contributed by atoms with Gasteiger partial charge < -0.3 is 14.6 Å². The molecular weight excluding hydrogens is 421 g/mol. The highest BCUT2D eigenvalue weighted by Gasteiger charge is 2.47. The number of ketones is 1. The number of carbonyl (C=O) groups is 2. The third-order valence-electron chi connectivity index (χ3n) is 5.00. The Labute approximate surface area is 181 Å². The van der Waals surface area contributed by atoms with Crippen LogP contribution in [-0.4, -0.2) is 31.0 Å². The zero-order chi connectivity index (χ0) is 22.1. The molecule has 6 nitrogen and oxygen atoms in total. The van der Waals surface area contributed by atoms with Gasteiger partial charge in [-0.1, -0.05) is 12.1 Å². The Morgan fingerprint density at radius 2 is 1.81 bits per heavy atom. The van der Waals surface area contributed by atoms with Crippen LogP contribution in [0.4, 0.5) is 10.1 Å². The molecule has 0 aliphatic carbocycles. The van der Waals surface area contributed by atoms with Gasteiger partial charge in [0.1, 0.15) is 17.6 Å². The van der Waals surface area contributed by atoms with Gasteiger partial charge in [-0.05, 0) is 47.8 Å². The standard InChI is InChI=1S/C23H18FNO5S/c1-29-16-9-8-13(11-17(16)30-2)21(26)19-20(18-7-4-10-31-18)25(23(28)22(19)27)15-6-3-5-14(24)12-15/h3-12,20,26H,1-2H3/b21-19-. The number of aliphatic hydroxyl groups is 1. The van der Waals surface area contributed by atoms with Crippen molar-refractivity contribution in [3.8, 4) is 11.5 Å². The smallest absolute Gasteiger partial charge is 0.300 e. The normalized spacial score (nSPS) is 17.8. The van der Waals surface area contributed by atoms with Gasteiger partial charge in [0.15, 0.2) is 11.5 Å². The van der Waals surface area contributed by atoms with E-state index in [4.69, 9.17) is 9.47 Å². The summed E-state index contributed by atoms with van der Waals surface area (Å²) in [5.74, 6) is -1.77. The molecule has 0 spiro atoms. The summed E-state index contributed by atoms with van der Waals surface area (Å²) >= 11 is 1.33. The lowest BCUT2D eigenvalue weighted by Crippen LogP contribution is -2.29. The molecule has 1 amide bonds. The SMILES string of the molecule is COc1ccc(/C(O)=C2/C(=O)C(=O)N(c3cccc(F)c3)C2c2cccs2)cc1OC. The summed E-state index contributed by atoms with van der Waals surface area (Å²) in [5.41, 5.74) is 0.437. The number of hydrogen-bond donors (Lipinski definition) is 1. The number of benzene rings is 2. The lowest BCUT2D eigenvalue weighted by atomic mass is 9.99. The number of hydrogen-bond acceptors (Lipinski definition) is 6. The largest absolute Gasteiger partial charge is 0.507 e. The summed E-state index contributed by atoms with van der Waals surface area (Å²) in [5, 5.41) is 12.9. The van der Waals surface area contributed by atoms with Gasteiger partial charge >= 0.3 is 0 Å². The summed E-state index contributed by atoms with van der Waals surface area (Å²) in [6, 6.07) is 12.8. The van der Waals surface area contributed by atoms with E-state index in [0.717, 1.165) is 0 Å². The Balaban J connectivity index is 1.91. The highest BCUT2D eigenvalue weighted by atomic mass is 32.1. The number of methoxy groups -OCH3 is 2. The summed E-state index contributed by atoms with van der Waals surface area (Å²) in [4.78, 5) is 27.8. The van der Waals surface area contributed by atoms with Crippen LogP contribution in [0.15, 0.2) is 65.6 Å². The molecule has 1 aliphatic rings. The fourth-order valence-corrected chi connectivity index (χ4v) is 4.40. The van der Waals surface area contributed by atoms with Crippen LogP contribution in [0.25, 0.3) is 5.76 Å². The molecule has 0 radical (unpaired) electrons. The fourth-order valence-electron chi connectivity index (χ4n) is 3.58. The number of anilines is 1. The maximum Gasteiger partial charge on any atom is 0.300 e. The Morgan fingerprint density at radius 1 is 1.03 bits per heavy atom. The second kappa shape index (κ2) is 8.23. The highest BCUT2D eigenvalue weighted by Crippen LogP contribution is 2.44. The number of rotatable bonds is 5. The van der Waals surface area contributed by atoms with E-state index in [1.165, 1.54) is 54.7 Å². The van der Waals surface area contributed by atoms with E-state index >= 15 is 0 Å². The van der Waals surface area contributed by atoms with Crippen molar-refractivity contribution in [1.82, 2.24) is 0 Å². The van der Waals surface area contributed by atoms with Gasteiger partial charge in [-0.25, -0.2) is 4.39 Å². The Hall–Kier alpha value is -3.65. The van der Waals surface area contributed by atoms with E-state index in [9.17, 15) is 19.1 Å². The number of nitrogens with zero attached hydrogens (tertiary/aromatic N) is 1. The number of thiophene rings is 1. The first-order valence-corrected chi connectivity index (χ1v) is 10.2. The number of aliphatic hydroxyl groups excluding tert-OH is 1. The molecule has 1 fully saturated rings. The van der Waals surface area contributed by atoms with Crippen molar-refractivity contribution in [3.05, 3.63) is 81.8 Å². The molecule has 1 unspecified atom stereocenters. The Kier molecular flexibility index (Phi) is 5.48. The van der Waals surface area contributed by atoms with Crippen molar-refractivity contribution >= 4 is 34.5 Å². The van der Waals surface area contributed by atoms with E-state index in [0.29, 0.717) is 16.4 Å². The number of amides is 1. The predicted octanol–water partition coefficient (Wildman–Crippen LogP) is 4.53. The summed E-state index contributed by atoms with van der Waals surface area (Å²) in [7, 11) is 2.94. The molecule has 31 heavy (non-hydrogen) atoms. The molecular formula is C23H18FNO5S. The van der Waals surface area contributed by atoms with E-state index < -0.39 is 23.5 Å². The zero-order valence-corrected chi connectivity index (χ0v) is 17.5. The van der Waals surface area contributed by atoms with Crippen molar-refractivity contribution in [2.75, 3.05) is 19.1 Å². The van der Waals surface area contributed by atoms with Crippen LogP contribution in [0, 0.1) is 5.82 Å². The average Bonchev–Trinajstić information content (AvgIpc) is 3.39. The van der Waals surface area contributed by atoms with E-state index in [2.05, 4.69) is 0 Å². The Morgan fingerprint density at radius 3 is 2.45 bits per heavy atom. The van der Waals surface area contributed by atoms with Crippen LogP contribution in [0.2, 0.25) is 0 Å². The third kappa shape index (κ3) is 3.55. The first-order chi connectivity index (χ1) is 15.0. The first kappa shape index (κ1) is 20.6. The van der Waals surface area contributed by atoms with Gasteiger partial charge in [-0.2, -0.15) is 0 Å². The number of halogens is 1. The third-order valence-corrected chi connectivity index (χ3v) is 5.93. The topological polar surface area (TPSA) is 76.1 Å². The lowest BCUT2D eigenvalue weighted by molar-refractivity contribution is -0.132. The van der Waals surface area contributed by atoms with Gasteiger partial charge in [0.25, 0.3) is 11.7 Å². The van der Waals surface area contributed by atoms with Gasteiger partial charge in [0.05, 0.1) is 19.8 Å². The summed E-state index contributed by atoms with van der Waals surface area (Å²) in [6.07, 6.45) is 0. The minimum atomic E-state index is -0.894. The lowest BCUT2D eigenvalue weighted by Gasteiger charge is -2.24. The van der Waals surface area contributed by atoms with Crippen LogP contribution in [-0.2, 0) is 9.59 Å². The first-order valence-electron chi connectivity index (χ1n) is 9.28. The van der Waals surface area contributed by atoms with Crippen LogP contribution in [0.5, 0.6) is 11.5 Å². The maximum atomic E-state index is 13.9. The summed E-state index contributed by atoms with van der Waals surface area (Å²) in [6.45, 7) is 0. The van der Waals surface area contributed by atoms with E-state index in [1.807, 2.05) is 0 Å². The predicted molar refractivity (Wildman–Crippen MR) is 115 cm³/mol. The number of carbonyl (C=O) groups excluding carboxylic acids is 2. The fraction of sp³-hybridized carbons (Fsp3) is 0.130. The monoisotopic (exact) mass is 439 g/mol. The Bertz CT molecular complexity index is 1190. The summed E-state index contributed by atoms with van der Waals surface area (Å²) < 4.78 is 24.4. The molecule has 158 valence electrons. The molecule has 0 saturated carbocycles. The van der Waals surface area contributed by atoms with Crippen molar-refractivity contribution in [2.45, 2.75) is 6.04 Å². The molecule has 2 heterocycles. The molecule has 1 N–H and O–H groups in total. The van der Waals surface area contributed by atoms with Crippen molar-refractivity contribution in [3.63, 3.8) is 0 Å². The van der Waals surface area contributed by atoms with Gasteiger partial charge in [-0.3, -0.25) is 14.5 Å². The number of ether oxygens (including phenoxy) is 2. The molecule has 0 bridgehead atoms. The van der Waals surface area contributed by atoms with Crippen LogP contribution >= 0.6 is 11.3 Å². The molecule has 1 aliphatic heterocycles. The maximum absolute atomic E-state index is 13.9. The second-order valence-corrected chi connectivity index (χ2v) is 7.71. The van der Waals surface area contributed by atoms with Crippen LogP contribution in [0.1, 0.15) is 16.5 Å². The molecule has 3 aromatic rings. The molecule has 1 atom stereocenters. The van der Waals surface area contributed by atoms with Crippen molar-refractivity contribution in [2.24, 2.45) is 0 Å². The minimum absolute atomic E-state index is 0.0797. The van der Waals surface area contributed by atoms with E-state index in [1.54, 1.807) is 35.7 Å². The number of Topliss-reactive ketones (excluding diaryl/α,β-unsaturated/α-hetero) is 1. The van der Waals surface area contributed by atoms with Crippen LogP contribution in [0.3, 0.4) is 0 Å². The minimum Gasteiger partial charge on any atom is -0.507 e. The molecule has 4 rings (SSSR count).